The molecular weight excluding hydrogens is 347 g/mol. The first-order chi connectivity index (χ1) is 9.54. The summed E-state index contributed by atoms with van der Waals surface area (Å²) in [6.45, 7) is 0. The fourth-order valence-electron chi connectivity index (χ4n) is 2.62. The number of ether oxygens (including phenoxy) is 1. The van der Waals surface area contributed by atoms with Crippen LogP contribution in [0.1, 0.15) is 12.8 Å². The maximum Gasteiger partial charge on any atom is 0.162 e. The number of hydrogen-bond donors (Lipinski definition) is 0. The normalized spacial score (nSPS) is 25.1. The lowest BCUT2D eigenvalue weighted by atomic mass is 9.93. The first kappa shape index (κ1) is 13.8. The van der Waals surface area contributed by atoms with E-state index in [9.17, 15) is 9.18 Å². The van der Waals surface area contributed by atoms with E-state index in [1.807, 2.05) is 6.08 Å². The van der Waals surface area contributed by atoms with Gasteiger partial charge in [-0.15, -0.1) is 0 Å². The fraction of sp³-hybridized carbons (Fsp3) is 0.267. The van der Waals surface area contributed by atoms with Crippen LogP contribution >= 0.6 is 27.5 Å². The van der Waals surface area contributed by atoms with Crippen LogP contribution in [0.25, 0.3) is 0 Å². The van der Waals surface area contributed by atoms with Crippen molar-refractivity contribution in [2.45, 2.75) is 17.7 Å². The fourth-order valence-corrected chi connectivity index (χ4v) is 3.51. The number of Topliss-reactive ketones (excluding diaryl/α,β-unsaturated/α-hetero) is 1. The van der Waals surface area contributed by atoms with Gasteiger partial charge in [-0.3, -0.25) is 4.79 Å². The molecule has 3 rings (SSSR count). The number of carbonyl (C=O) groups excluding carboxylic acids is 1. The Morgan fingerprint density at radius 2 is 2.15 bits per heavy atom. The van der Waals surface area contributed by atoms with Gasteiger partial charge in [0.25, 0.3) is 0 Å². The lowest BCUT2D eigenvalue weighted by Crippen LogP contribution is -2.19. The highest BCUT2D eigenvalue weighted by Gasteiger charge is 2.37. The molecular formula is C15H11BrClFO2. The molecule has 104 valence electrons. The van der Waals surface area contributed by atoms with E-state index in [-0.39, 0.29) is 21.6 Å². The van der Waals surface area contributed by atoms with Gasteiger partial charge in [0.15, 0.2) is 5.78 Å². The summed E-state index contributed by atoms with van der Waals surface area (Å²) < 4.78 is 19.0. The molecule has 0 N–H and O–H groups in total. The third-order valence-corrected chi connectivity index (χ3v) is 4.66. The Morgan fingerprint density at radius 1 is 1.35 bits per heavy atom. The molecule has 2 atom stereocenters. The molecule has 0 radical (unpaired) electrons. The smallest absolute Gasteiger partial charge is 0.162 e. The van der Waals surface area contributed by atoms with Gasteiger partial charge in [0, 0.05) is 33.8 Å². The highest BCUT2D eigenvalue weighted by molar-refractivity contribution is 9.09. The number of ketones is 1. The van der Waals surface area contributed by atoms with E-state index in [4.69, 9.17) is 16.3 Å². The Hall–Kier alpha value is -1.13. The van der Waals surface area contributed by atoms with E-state index in [0.717, 1.165) is 6.42 Å². The largest absolute Gasteiger partial charge is 0.457 e. The van der Waals surface area contributed by atoms with Gasteiger partial charge >= 0.3 is 0 Å². The number of halogens is 3. The number of rotatable bonds is 2. The first-order valence-electron chi connectivity index (χ1n) is 6.28. The van der Waals surface area contributed by atoms with Crippen LogP contribution in [-0.4, -0.2) is 10.6 Å². The molecule has 1 saturated carbocycles. The summed E-state index contributed by atoms with van der Waals surface area (Å²) in [5.74, 6) is 0.557. The third-order valence-electron chi connectivity index (χ3n) is 3.50. The summed E-state index contributed by atoms with van der Waals surface area (Å²) >= 11 is 9.35. The van der Waals surface area contributed by atoms with Crippen LogP contribution in [-0.2, 0) is 4.79 Å². The number of benzene rings is 1. The van der Waals surface area contributed by atoms with Crippen molar-refractivity contribution < 1.29 is 13.9 Å². The topological polar surface area (TPSA) is 26.3 Å². The van der Waals surface area contributed by atoms with Crippen molar-refractivity contribution in [1.82, 2.24) is 0 Å². The molecule has 1 aromatic rings. The molecule has 0 amide bonds. The highest BCUT2D eigenvalue weighted by atomic mass is 79.9. The molecule has 0 bridgehead atoms. The molecule has 0 saturated heterocycles. The van der Waals surface area contributed by atoms with Crippen molar-refractivity contribution in [2.75, 3.05) is 0 Å². The van der Waals surface area contributed by atoms with E-state index in [2.05, 4.69) is 15.9 Å². The minimum Gasteiger partial charge on any atom is -0.457 e. The van der Waals surface area contributed by atoms with Crippen molar-refractivity contribution >= 4 is 33.3 Å². The molecule has 0 aromatic heterocycles. The van der Waals surface area contributed by atoms with Crippen LogP contribution in [0.5, 0.6) is 5.75 Å². The van der Waals surface area contributed by atoms with E-state index in [1.165, 1.54) is 18.2 Å². The summed E-state index contributed by atoms with van der Waals surface area (Å²) in [6.07, 6.45) is 5.04. The van der Waals surface area contributed by atoms with E-state index >= 15 is 0 Å². The summed E-state index contributed by atoms with van der Waals surface area (Å²) in [5, 5.41) is 0.262. The number of fused-ring (bicyclic) bond motifs is 1. The van der Waals surface area contributed by atoms with Crippen molar-refractivity contribution in [3.8, 4) is 5.75 Å². The number of hydrogen-bond acceptors (Lipinski definition) is 2. The zero-order valence-corrected chi connectivity index (χ0v) is 12.7. The first-order valence-corrected chi connectivity index (χ1v) is 7.57. The Labute approximate surface area is 129 Å². The van der Waals surface area contributed by atoms with Gasteiger partial charge < -0.3 is 4.74 Å². The summed E-state index contributed by atoms with van der Waals surface area (Å²) in [7, 11) is 0. The van der Waals surface area contributed by atoms with Gasteiger partial charge in [0.05, 0.1) is 0 Å². The van der Waals surface area contributed by atoms with Crippen molar-refractivity contribution in [2.24, 2.45) is 5.92 Å². The zero-order chi connectivity index (χ0) is 14.3. The second kappa shape index (κ2) is 5.34. The second-order valence-corrected chi connectivity index (χ2v) is 6.35. The number of alkyl halides is 1. The molecule has 5 heteroatoms. The quantitative estimate of drug-likeness (QED) is 0.732. The standard InChI is InChI=1S/C15H11BrClFO2/c16-12-2-4-14(15-11(12)1-3-13(15)19)20-10-6-8(17)5-9(18)7-10/h2,4-7,11-12H,1,3H2. The van der Waals surface area contributed by atoms with Gasteiger partial charge in [-0.25, -0.2) is 4.39 Å². The molecule has 20 heavy (non-hydrogen) atoms. The predicted octanol–water partition coefficient (Wildman–Crippen LogP) is 4.42. The Balaban J connectivity index is 1.96. The molecule has 2 unspecified atom stereocenters. The van der Waals surface area contributed by atoms with Crippen LogP contribution in [0, 0.1) is 11.7 Å². The molecule has 2 aliphatic carbocycles. The molecule has 2 nitrogen and oxygen atoms in total. The maximum atomic E-state index is 13.3. The van der Waals surface area contributed by atoms with E-state index in [1.54, 1.807) is 6.08 Å². The molecule has 0 spiro atoms. The van der Waals surface area contributed by atoms with Crippen molar-refractivity contribution in [3.05, 3.63) is 52.5 Å². The van der Waals surface area contributed by atoms with E-state index in [0.29, 0.717) is 23.5 Å². The van der Waals surface area contributed by atoms with Crippen molar-refractivity contribution in [3.63, 3.8) is 0 Å². The summed E-state index contributed by atoms with van der Waals surface area (Å²) in [4.78, 5) is 12.1. The maximum absolute atomic E-state index is 13.3. The number of allylic oxidation sites excluding steroid dienone is 3. The molecule has 0 heterocycles. The average molecular weight is 358 g/mol. The van der Waals surface area contributed by atoms with Crippen LogP contribution in [0.15, 0.2) is 41.7 Å². The lowest BCUT2D eigenvalue weighted by Gasteiger charge is -2.22. The van der Waals surface area contributed by atoms with Gasteiger partial charge in [0.1, 0.15) is 17.3 Å². The van der Waals surface area contributed by atoms with Crippen LogP contribution in [0.2, 0.25) is 5.02 Å². The van der Waals surface area contributed by atoms with Gasteiger partial charge in [0.2, 0.25) is 0 Å². The third kappa shape index (κ3) is 2.54. The molecule has 0 aliphatic heterocycles. The van der Waals surface area contributed by atoms with Crippen molar-refractivity contribution in [1.29, 1.82) is 0 Å². The van der Waals surface area contributed by atoms with Crippen LogP contribution in [0.4, 0.5) is 4.39 Å². The minimum absolute atomic E-state index is 0.0984. The lowest BCUT2D eigenvalue weighted by molar-refractivity contribution is -0.114. The molecule has 1 fully saturated rings. The summed E-state index contributed by atoms with van der Waals surface area (Å²) in [6, 6.07) is 3.99. The van der Waals surface area contributed by atoms with Crippen LogP contribution < -0.4 is 4.74 Å². The van der Waals surface area contributed by atoms with Gasteiger partial charge in [-0.2, -0.15) is 0 Å². The second-order valence-electron chi connectivity index (χ2n) is 4.86. The molecule has 1 aromatic carbocycles. The van der Waals surface area contributed by atoms with Gasteiger partial charge in [-0.05, 0) is 24.6 Å². The van der Waals surface area contributed by atoms with Crippen LogP contribution in [0.3, 0.4) is 0 Å². The zero-order valence-electron chi connectivity index (χ0n) is 10.4. The monoisotopic (exact) mass is 356 g/mol. The Bertz CT molecular complexity index is 619. The summed E-state index contributed by atoms with van der Waals surface area (Å²) in [5.41, 5.74) is 0.690. The molecule has 2 aliphatic rings. The Kier molecular flexibility index (Phi) is 3.69. The van der Waals surface area contributed by atoms with Gasteiger partial charge in [-0.1, -0.05) is 33.6 Å². The van der Waals surface area contributed by atoms with E-state index < -0.39 is 5.82 Å². The highest BCUT2D eigenvalue weighted by Crippen LogP contribution is 2.40. The predicted molar refractivity (Wildman–Crippen MR) is 78.7 cm³/mol. The Morgan fingerprint density at radius 3 is 2.90 bits per heavy atom. The SMILES string of the molecule is O=C1CCC2C1=C(Oc1cc(F)cc(Cl)c1)C=CC2Br. The number of carbonyl (C=O) groups is 1. The average Bonchev–Trinajstić information content (AvgIpc) is 2.75. The minimum atomic E-state index is -0.467.